The third kappa shape index (κ3) is 4.35. The summed E-state index contributed by atoms with van der Waals surface area (Å²) in [5, 5.41) is 15.0. The van der Waals surface area contributed by atoms with Crippen molar-refractivity contribution in [1.29, 1.82) is 0 Å². The number of anilines is 2. The zero-order valence-corrected chi connectivity index (χ0v) is 18.7. The van der Waals surface area contributed by atoms with E-state index in [4.69, 9.17) is 0 Å². The maximum Gasteiger partial charge on any atom is 0.230 e. The van der Waals surface area contributed by atoms with E-state index in [1.54, 1.807) is 22.9 Å². The van der Waals surface area contributed by atoms with Gasteiger partial charge in [-0.3, -0.25) is 9.69 Å². The number of tetrazole rings is 1. The van der Waals surface area contributed by atoms with E-state index in [1.807, 2.05) is 37.4 Å². The molecule has 0 unspecified atom stereocenters. The first kappa shape index (κ1) is 21.1. The maximum absolute atomic E-state index is 14.2. The summed E-state index contributed by atoms with van der Waals surface area (Å²) in [5.41, 5.74) is 4.12. The molecule has 0 radical (unpaired) electrons. The van der Waals surface area contributed by atoms with Crippen LogP contribution in [0.5, 0.6) is 0 Å². The van der Waals surface area contributed by atoms with Crippen molar-refractivity contribution < 1.29 is 9.18 Å². The average Bonchev–Trinajstić information content (AvgIpc) is 3.39. The molecule has 0 aliphatic carbocycles. The highest BCUT2D eigenvalue weighted by Crippen LogP contribution is 2.32. The Labute approximate surface area is 186 Å². The predicted molar refractivity (Wildman–Crippen MR) is 120 cm³/mol. The van der Waals surface area contributed by atoms with Crippen LogP contribution in [0.15, 0.2) is 53.0 Å². The Hall–Kier alpha value is -3.11. The van der Waals surface area contributed by atoms with E-state index >= 15 is 0 Å². The van der Waals surface area contributed by atoms with Gasteiger partial charge in [0.05, 0.1) is 17.1 Å². The number of carbonyl (C=O) groups excluding carboxylic acids is 1. The van der Waals surface area contributed by atoms with Crippen molar-refractivity contribution in [1.82, 2.24) is 25.2 Å². The summed E-state index contributed by atoms with van der Waals surface area (Å²) in [6.45, 7) is 5.47. The van der Waals surface area contributed by atoms with Crippen LogP contribution < -0.4 is 4.90 Å². The van der Waals surface area contributed by atoms with Crippen molar-refractivity contribution in [3.63, 3.8) is 0 Å². The standard InChI is InChI=1S/C21H19FN6OS2/c1-13-7-6-10-18(14(13)2)28-21(24-25-26-28)31-12-16-11-30-20(23-16)27(15(3)29)19-9-5-4-8-17(19)22/h4-11H,12H2,1-3H3. The summed E-state index contributed by atoms with van der Waals surface area (Å²) in [6.07, 6.45) is 0. The Morgan fingerprint density at radius 2 is 2.00 bits per heavy atom. The molecule has 7 nitrogen and oxygen atoms in total. The number of rotatable bonds is 6. The molecule has 0 fully saturated rings. The minimum atomic E-state index is -0.475. The van der Waals surface area contributed by atoms with Gasteiger partial charge in [0.25, 0.3) is 0 Å². The van der Waals surface area contributed by atoms with Gasteiger partial charge in [0.2, 0.25) is 11.1 Å². The lowest BCUT2D eigenvalue weighted by molar-refractivity contribution is -0.115. The normalized spacial score (nSPS) is 11.0. The number of nitrogens with zero attached hydrogens (tertiary/aromatic N) is 6. The molecule has 0 spiro atoms. The van der Waals surface area contributed by atoms with Crippen molar-refractivity contribution in [3.05, 3.63) is 70.5 Å². The molecule has 31 heavy (non-hydrogen) atoms. The van der Waals surface area contributed by atoms with Gasteiger partial charge in [-0.1, -0.05) is 36.0 Å². The molecule has 2 aromatic carbocycles. The van der Waals surface area contributed by atoms with Crippen LogP contribution in [0.4, 0.5) is 15.2 Å². The zero-order chi connectivity index (χ0) is 22.0. The van der Waals surface area contributed by atoms with Crippen LogP contribution in [-0.4, -0.2) is 31.1 Å². The molecule has 0 N–H and O–H groups in total. The smallest absolute Gasteiger partial charge is 0.230 e. The van der Waals surface area contributed by atoms with Crippen molar-refractivity contribution in [2.24, 2.45) is 0 Å². The number of hydrogen-bond acceptors (Lipinski definition) is 7. The first-order chi connectivity index (χ1) is 15.0. The first-order valence-electron chi connectivity index (χ1n) is 9.43. The SMILES string of the molecule is CC(=O)N(c1nc(CSc2nnnn2-c2cccc(C)c2C)cs1)c1ccccc1F. The molecule has 158 valence electrons. The number of amides is 1. The Balaban J connectivity index is 1.55. The van der Waals surface area contributed by atoms with Crippen LogP contribution in [-0.2, 0) is 10.5 Å². The molecular formula is C21H19FN6OS2. The van der Waals surface area contributed by atoms with Gasteiger partial charge in [-0.15, -0.1) is 16.4 Å². The van der Waals surface area contributed by atoms with E-state index in [2.05, 4.69) is 20.5 Å². The van der Waals surface area contributed by atoms with Crippen LogP contribution in [0, 0.1) is 19.7 Å². The minimum absolute atomic E-state index is 0.183. The van der Waals surface area contributed by atoms with Gasteiger partial charge in [0.1, 0.15) is 5.82 Å². The highest BCUT2D eigenvalue weighted by atomic mass is 32.2. The minimum Gasteiger partial charge on any atom is -0.274 e. The number of carbonyl (C=O) groups is 1. The number of halogens is 1. The van der Waals surface area contributed by atoms with E-state index in [1.165, 1.54) is 41.0 Å². The molecule has 0 aliphatic heterocycles. The third-order valence-corrected chi connectivity index (χ3v) is 6.56. The Kier molecular flexibility index (Phi) is 6.10. The lowest BCUT2D eigenvalue weighted by Gasteiger charge is -2.18. The van der Waals surface area contributed by atoms with E-state index < -0.39 is 5.82 Å². The largest absolute Gasteiger partial charge is 0.274 e. The van der Waals surface area contributed by atoms with E-state index in [9.17, 15) is 9.18 Å². The Bertz CT molecular complexity index is 1240. The number of aromatic nitrogens is 5. The second kappa shape index (κ2) is 8.94. The molecule has 10 heteroatoms. The van der Waals surface area contributed by atoms with Crippen molar-refractivity contribution >= 4 is 39.8 Å². The molecule has 1 amide bonds. The Morgan fingerprint density at radius 3 is 2.77 bits per heavy atom. The number of para-hydroxylation sites is 1. The summed E-state index contributed by atoms with van der Waals surface area (Å²) in [6, 6.07) is 12.1. The first-order valence-corrected chi connectivity index (χ1v) is 11.3. The van der Waals surface area contributed by atoms with Crippen molar-refractivity contribution in [3.8, 4) is 5.69 Å². The maximum atomic E-state index is 14.2. The molecular weight excluding hydrogens is 435 g/mol. The Morgan fingerprint density at radius 1 is 1.19 bits per heavy atom. The van der Waals surface area contributed by atoms with E-state index in [0.29, 0.717) is 16.0 Å². The van der Waals surface area contributed by atoms with E-state index in [-0.39, 0.29) is 11.6 Å². The van der Waals surface area contributed by atoms with Crippen LogP contribution in [0.25, 0.3) is 5.69 Å². The van der Waals surface area contributed by atoms with Gasteiger partial charge in [-0.2, -0.15) is 4.68 Å². The van der Waals surface area contributed by atoms with Crippen molar-refractivity contribution in [2.75, 3.05) is 4.90 Å². The van der Waals surface area contributed by atoms with Crippen molar-refractivity contribution in [2.45, 2.75) is 31.7 Å². The molecule has 0 aliphatic rings. The quantitative estimate of drug-likeness (QED) is 0.388. The fourth-order valence-corrected chi connectivity index (χ4v) is 4.79. The number of benzene rings is 2. The lowest BCUT2D eigenvalue weighted by Crippen LogP contribution is -2.23. The molecule has 4 rings (SSSR count). The number of aryl methyl sites for hydroxylation is 1. The number of hydrogen-bond donors (Lipinski definition) is 0. The van der Waals surface area contributed by atoms with E-state index in [0.717, 1.165) is 22.5 Å². The fraction of sp³-hybridized carbons (Fsp3) is 0.190. The van der Waals surface area contributed by atoms with Crippen LogP contribution in [0.3, 0.4) is 0 Å². The second-order valence-electron chi connectivity index (χ2n) is 6.81. The molecule has 2 aromatic heterocycles. The zero-order valence-electron chi connectivity index (χ0n) is 17.1. The molecule has 0 saturated carbocycles. The molecule has 4 aromatic rings. The van der Waals surface area contributed by atoms with Gasteiger partial charge in [-0.25, -0.2) is 9.37 Å². The third-order valence-electron chi connectivity index (χ3n) is 4.73. The topological polar surface area (TPSA) is 76.8 Å². The summed E-state index contributed by atoms with van der Waals surface area (Å²) < 4.78 is 16.0. The summed E-state index contributed by atoms with van der Waals surface area (Å²) in [7, 11) is 0. The molecule has 0 bridgehead atoms. The second-order valence-corrected chi connectivity index (χ2v) is 8.59. The number of thiazole rings is 1. The number of thioether (sulfide) groups is 1. The molecule has 0 atom stereocenters. The van der Waals surface area contributed by atoms with Gasteiger partial charge >= 0.3 is 0 Å². The van der Waals surface area contributed by atoms with Gasteiger partial charge in [0, 0.05) is 18.1 Å². The van der Waals surface area contributed by atoms with Crippen LogP contribution in [0.2, 0.25) is 0 Å². The van der Waals surface area contributed by atoms with Gasteiger partial charge in [0.15, 0.2) is 5.13 Å². The van der Waals surface area contributed by atoms with Crippen LogP contribution in [0.1, 0.15) is 23.7 Å². The highest BCUT2D eigenvalue weighted by molar-refractivity contribution is 7.98. The fourth-order valence-electron chi connectivity index (χ4n) is 3.03. The van der Waals surface area contributed by atoms with Crippen LogP contribution >= 0.6 is 23.1 Å². The summed E-state index contributed by atoms with van der Waals surface area (Å²) in [4.78, 5) is 18.0. The lowest BCUT2D eigenvalue weighted by atomic mass is 10.1. The predicted octanol–water partition coefficient (Wildman–Crippen LogP) is 4.85. The summed E-state index contributed by atoms with van der Waals surface area (Å²) >= 11 is 2.73. The monoisotopic (exact) mass is 454 g/mol. The highest BCUT2D eigenvalue weighted by Gasteiger charge is 2.21. The average molecular weight is 455 g/mol. The van der Waals surface area contributed by atoms with Gasteiger partial charge in [-0.05, 0) is 53.6 Å². The summed E-state index contributed by atoms with van der Waals surface area (Å²) in [5.74, 6) is -0.279. The molecule has 0 saturated heterocycles. The molecule has 2 heterocycles. The van der Waals surface area contributed by atoms with Gasteiger partial charge < -0.3 is 0 Å².